The third-order valence-corrected chi connectivity index (χ3v) is 5.42. The molecule has 0 fully saturated rings. The van der Waals surface area contributed by atoms with E-state index in [0.717, 1.165) is 49.3 Å². The summed E-state index contributed by atoms with van der Waals surface area (Å²) in [6.07, 6.45) is 7.24. The second-order valence-corrected chi connectivity index (χ2v) is 7.05. The molecule has 0 aromatic carbocycles. The molecule has 0 radical (unpaired) electrons. The SMILES string of the molecule is Cc1n[nH]c(C)c1-c1cncc2scc(Nc3nccc4ccoc34)c12. The van der Waals surface area contributed by atoms with E-state index in [-0.39, 0.29) is 0 Å². The summed E-state index contributed by atoms with van der Waals surface area (Å²) in [4.78, 5) is 8.87. The molecular weight excluding hydrogens is 346 g/mol. The maximum atomic E-state index is 5.60. The Balaban J connectivity index is 1.71. The van der Waals surface area contributed by atoms with Crippen LogP contribution in [0.25, 0.3) is 32.2 Å². The molecule has 5 heterocycles. The van der Waals surface area contributed by atoms with Crippen LogP contribution in [0.15, 0.2) is 46.8 Å². The highest BCUT2D eigenvalue weighted by molar-refractivity contribution is 7.17. The van der Waals surface area contributed by atoms with Gasteiger partial charge in [0.15, 0.2) is 11.4 Å². The molecule has 5 aromatic heterocycles. The zero-order valence-electron chi connectivity index (χ0n) is 14.2. The van der Waals surface area contributed by atoms with E-state index in [9.17, 15) is 0 Å². The molecular formula is C19H15N5OS. The van der Waals surface area contributed by atoms with E-state index in [4.69, 9.17) is 4.42 Å². The molecule has 0 unspecified atom stereocenters. The predicted octanol–water partition coefficient (Wildman–Crippen LogP) is 5.19. The average molecular weight is 361 g/mol. The number of hydrogen-bond acceptors (Lipinski definition) is 6. The van der Waals surface area contributed by atoms with Crippen LogP contribution in [0.5, 0.6) is 0 Å². The Bertz CT molecular complexity index is 1230. The Morgan fingerprint density at radius 1 is 1.19 bits per heavy atom. The predicted molar refractivity (Wildman–Crippen MR) is 104 cm³/mol. The van der Waals surface area contributed by atoms with E-state index in [1.165, 1.54) is 0 Å². The van der Waals surface area contributed by atoms with E-state index in [0.29, 0.717) is 5.82 Å². The van der Waals surface area contributed by atoms with Gasteiger partial charge in [0, 0.05) is 51.6 Å². The number of H-pyrrole nitrogens is 1. The number of pyridine rings is 2. The molecule has 0 saturated heterocycles. The minimum atomic E-state index is 0.704. The number of hydrogen-bond donors (Lipinski definition) is 2. The number of fused-ring (bicyclic) bond motifs is 2. The molecule has 0 atom stereocenters. The van der Waals surface area contributed by atoms with Crippen molar-refractivity contribution in [3.8, 4) is 11.1 Å². The van der Waals surface area contributed by atoms with E-state index >= 15 is 0 Å². The first-order valence-electron chi connectivity index (χ1n) is 8.19. The maximum Gasteiger partial charge on any atom is 0.176 e. The molecule has 0 aliphatic heterocycles. The van der Waals surface area contributed by atoms with Crippen LogP contribution in [0.4, 0.5) is 11.5 Å². The molecule has 0 aliphatic carbocycles. The number of aromatic nitrogens is 4. The van der Waals surface area contributed by atoms with Gasteiger partial charge in [-0.2, -0.15) is 5.10 Å². The largest absolute Gasteiger partial charge is 0.460 e. The molecule has 0 spiro atoms. The van der Waals surface area contributed by atoms with Gasteiger partial charge >= 0.3 is 0 Å². The van der Waals surface area contributed by atoms with Crippen molar-refractivity contribution in [3.05, 3.63) is 53.8 Å². The van der Waals surface area contributed by atoms with Gasteiger partial charge < -0.3 is 9.73 Å². The van der Waals surface area contributed by atoms with E-state index in [1.807, 2.05) is 38.4 Å². The van der Waals surface area contributed by atoms with Gasteiger partial charge in [0.1, 0.15) is 0 Å². The molecule has 5 rings (SSSR count). The third-order valence-electron chi connectivity index (χ3n) is 4.50. The van der Waals surface area contributed by atoms with Gasteiger partial charge in [0.25, 0.3) is 0 Å². The van der Waals surface area contributed by atoms with Crippen LogP contribution in [0.1, 0.15) is 11.4 Å². The van der Waals surface area contributed by atoms with Gasteiger partial charge in [0.2, 0.25) is 0 Å². The van der Waals surface area contributed by atoms with Crippen molar-refractivity contribution >= 4 is 43.9 Å². The fourth-order valence-corrected chi connectivity index (χ4v) is 4.21. The van der Waals surface area contributed by atoms with Crippen molar-refractivity contribution in [1.29, 1.82) is 0 Å². The molecule has 2 N–H and O–H groups in total. The van der Waals surface area contributed by atoms with Crippen molar-refractivity contribution in [3.63, 3.8) is 0 Å². The lowest BCUT2D eigenvalue weighted by molar-refractivity contribution is 0.615. The van der Waals surface area contributed by atoms with Crippen molar-refractivity contribution < 1.29 is 4.42 Å². The molecule has 0 amide bonds. The first-order chi connectivity index (χ1) is 12.7. The number of furan rings is 1. The quantitative estimate of drug-likeness (QED) is 0.462. The summed E-state index contributed by atoms with van der Waals surface area (Å²) in [6.45, 7) is 4.03. The average Bonchev–Trinajstić information content (AvgIpc) is 3.35. The van der Waals surface area contributed by atoms with Gasteiger partial charge in [0.05, 0.1) is 22.3 Å². The highest BCUT2D eigenvalue weighted by atomic mass is 32.1. The number of anilines is 2. The lowest BCUT2D eigenvalue weighted by Crippen LogP contribution is -1.94. The molecule has 6 nitrogen and oxygen atoms in total. The normalized spacial score (nSPS) is 11.5. The summed E-state index contributed by atoms with van der Waals surface area (Å²) in [6, 6.07) is 3.87. The van der Waals surface area contributed by atoms with Crippen LogP contribution in [0.3, 0.4) is 0 Å². The topological polar surface area (TPSA) is 79.6 Å². The van der Waals surface area contributed by atoms with Crippen molar-refractivity contribution in [1.82, 2.24) is 20.2 Å². The van der Waals surface area contributed by atoms with Crippen LogP contribution in [0.2, 0.25) is 0 Å². The minimum Gasteiger partial charge on any atom is -0.460 e. The Hall–Kier alpha value is -3.19. The summed E-state index contributed by atoms with van der Waals surface area (Å²) >= 11 is 1.65. The Morgan fingerprint density at radius 3 is 2.96 bits per heavy atom. The first kappa shape index (κ1) is 15.1. The van der Waals surface area contributed by atoms with Crippen LogP contribution in [-0.4, -0.2) is 20.2 Å². The Morgan fingerprint density at radius 2 is 2.12 bits per heavy atom. The molecule has 0 saturated carbocycles. The second kappa shape index (κ2) is 5.67. The minimum absolute atomic E-state index is 0.704. The summed E-state index contributed by atoms with van der Waals surface area (Å²) in [5.74, 6) is 0.704. The van der Waals surface area contributed by atoms with Gasteiger partial charge in [-0.25, -0.2) is 4.98 Å². The number of thiophene rings is 1. The van der Waals surface area contributed by atoms with E-state index < -0.39 is 0 Å². The number of rotatable bonds is 3. The molecule has 0 aliphatic rings. The van der Waals surface area contributed by atoms with E-state index in [2.05, 4.69) is 30.9 Å². The van der Waals surface area contributed by atoms with Crippen LogP contribution in [0, 0.1) is 13.8 Å². The summed E-state index contributed by atoms with van der Waals surface area (Å²) < 4.78 is 6.71. The standard InChI is InChI=1S/C19H15N5OS/c1-10-16(11(2)24-23-10)13-7-20-8-15-17(13)14(9-26-15)22-19-18-12(3-5-21-19)4-6-25-18/h3-9H,1-2H3,(H,21,22)(H,23,24). The monoisotopic (exact) mass is 361 g/mol. The highest BCUT2D eigenvalue weighted by Crippen LogP contribution is 2.40. The Kier molecular flexibility index (Phi) is 3.29. The molecule has 5 aromatic rings. The fourth-order valence-electron chi connectivity index (χ4n) is 3.33. The summed E-state index contributed by atoms with van der Waals surface area (Å²) in [5.41, 5.74) is 5.87. The molecule has 0 bridgehead atoms. The fraction of sp³-hybridized carbons (Fsp3) is 0.105. The van der Waals surface area contributed by atoms with Gasteiger partial charge in [-0.3, -0.25) is 10.1 Å². The lowest BCUT2D eigenvalue weighted by Gasteiger charge is -2.09. The van der Waals surface area contributed by atoms with Gasteiger partial charge in [-0.1, -0.05) is 0 Å². The Labute approximate surface area is 152 Å². The summed E-state index contributed by atoms with van der Waals surface area (Å²) in [7, 11) is 0. The molecule has 26 heavy (non-hydrogen) atoms. The molecule has 7 heteroatoms. The number of aromatic amines is 1. The van der Waals surface area contributed by atoms with Gasteiger partial charge in [-0.15, -0.1) is 11.3 Å². The first-order valence-corrected chi connectivity index (χ1v) is 9.06. The molecule has 128 valence electrons. The van der Waals surface area contributed by atoms with Crippen molar-refractivity contribution in [2.24, 2.45) is 0 Å². The smallest absolute Gasteiger partial charge is 0.176 e. The maximum absolute atomic E-state index is 5.60. The second-order valence-electron chi connectivity index (χ2n) is 6.14. The number of nitrogens with zero attached hydrogens (tertiary/aromatic N) is 3. The lowest BCUT2D eigenvalue weighted by atomic mass is 10.0. The zero-order valence-corrected chi connectivity index (χ0v) is 15.0. The van der Waals surface area contributed by atoms with Crippen LogP contribution in [-0.2, 0) is 0 Å². The number of nitrogens with one attached hydrogen (secondary N) is 2. The van der Waals surface area contributed by atoms with E-state index in [1.54, 1.807) is 23.8 Å². The summed E-state index contributed by atoms with van der Waals surface area (Å²) in [5, 5.41) is 15.1. The van der Waals surface area contributed by atoms with Gasteiger partial charge in [-0.05, 0) is 26.0 Å². The highest BCUT2D eigenvalue weighted by Gasteiger charge is 2.17. The van der Waals surface area contributed by atoms with Crippen molar-refractivity contribution in [2.75, 3.05) is 5.32 Å². The van der Waals surface area contributed by atoms with Crippen molar-refractivity contribution in [2.45, 2.75) is 13.8 Å². The number of aryl methyl sites for hydroxylation is 2. The van der Waals surface area contributed by atoms with Crippen LogP contribution >= 0.6 is 11.3 Å². The zero-order chi connectivity index (χ0) is 17.7. The van der Waals surface area contributed by atoms with Crippen LogP contribution < -0.4 is 5.32 Å². The third kappa shape index (κ3) is 2.21.